The lowest BCUT2D eigenvalue weighted by Gasteiger charge is -2.29. The summed E-state index contributed by atoms with van der Waals surface area (Å²) >= 11 is 0. The summed E-state index contributed by atoms with van der Waals surface area (Å²) in [5.74, 6) is 0.779. The molecule has 0 unspecified atom stereocenters. The molecule has 0 aromatic heterocycles. The van der Waals surface area contributed by atoms with Crippen molar-refractivity contribution in [1.29, 1.82) is 0 Å². The highest BCUT2D eigenvalue weighted by Gasteiger charge is 2.21. The van der Waals surface area contributed by atoms with Gasteiger partial charge in [-0.3, -0.25) is 4.79 Å². The van der Waals surface area contributed by atoms with Crippen molar-refractivity contribution in [3.63, 3.8) is 0 Å². The fourth-order valence-electron chi connectivity index (χ4n) is 3.08. The van der Waals surface area contributed by atoms with Gasteiger partial charge in [0.05, 0.1) is 19.6 Å². The molecule has 7 heteroatoms. The monoisotopic (exact) mass is 383 g/mol. The molecule has 28 heavy (non-hydrogen) atoms. The molecule has 1 heterocycles. The minimum atomic E-state index is -0.346. The number of anilines is 2. The summed E-state index contributed by atoms with van der Waals surface area (Å²) in [6.07, 6.45) is 1.29. The van der Waals surface area contributed by atoms with Crippen LogP contribution in [-0.4, -0.2) is 48.2 Å². The molecule has 1 fully saturated rings. The van der Waals surface area contributed by atoms with E-state index in [1.807, 2.05) is 12.1 Å². The van der Waals surface area contributed by atoms with Crippen molar-refractivity contribution in [2.24, 2.45) is 0 Å². The zero-order valence-electron chi connectivity index (χ0n) is 15.9. The Hall–Kier alpha value is -3.06. The number of aliphatic hydroxyl groups is 1. The summed E-state index contributed by atoms with van der Waals surface area (Å²) < 4.78 is 5.09. The SMILES string of the molecule is COc1ccc(NC(=O)Nc2ccc(CC(=O)N3CCC(O)CC3)cc2)cc1. The largest absolute Gasteiger partial charge is 0.497 e. The lowest BCUT2D eigenvalue weighted by molar-refractivity contribution is -0.132. The van der Waals surface area contributed by atoms with Crippen molar-refractivity contribution in [2.75, 3.05) is 30.8 Å². The molecule has 0 bridgehead atoms. The molecule has 0 spiro atoms. The number of urea groups is 1. The zero-order chi connectivity index (χ0) is 19.9. The van der Waals surface area contributed by atoms with Crippen LogP contribution in [0.2, 0.25) is 0 Å². The number of methoxy groups -OCH3 is 1. The van der Waals surface area contributed by atoms with E-state index < -0.39 is 0 Å². The predicted octanol–water partition coefficient (Wildman–Crippen LogP) is 2.87. The molecule has 1 aliphatic rings. The van der Waals surface area contributed by atoms with Crippen molar-refractivity contribution in [3.05, 3.63) is 54.1 Å². The highest BCUT2D eigenvalue weighted by atomic mass is 16.5. The van der Waals surface area contributed by atoms with Gasteiger partial charge in [-0.05, 0) is 54.8 Å². The third-order valence-electron chi connectivity index (χ3n) is 4.73. The molecule has 3 N–H and O–H groups in total. The second-order valence-electron chi connectivity index (χ2n) is 6.79. The maximum absolute atomic E-state index is 12.3. The minimum Gasteiger partial charge on any atom is -0.497 e. The Balaban J connectivity index is 1.49. The number of benzene rings is 2. The van der Waals surface area contributed by atoms with E-state index in [1.165, 1.54) is 0 Å². The smallest absolute Gasteiger partial charge is 0.323 e. The quantitative estimate of drug-likeness (QED) is 0.740. The predicted molar refractivity (Wildman–Crippen MR) is 108 cm³/mol. The first-order chi connectivity index (χ1) is 13.5. The number of rotatable bonds is 5. The maximum atomic E-state index is 12.3. The standard InChI is InChI=1S/C21H25N3O4/c1-28-19-8-6-17(7-9-19)23-21(27)22-16-4-2-15(3-5-16)14-20(26)24-12-10-18(25)11-13-24/h2-9,18,25H,10-14H2,1H3,(H2,22,23,27). The molecule has 2 aromatic carbocycles. The van der Waals surface area contributed by atoms with Crippen molar-refractivity contribution in [3.8, 4) is 5.75 Å². The molecular weight excluding hydrogens is 358 g/mol. The van der Waals surface area contributed by atoms with Gasteiger partial charge >= 0.3 is 6.03 Å². The van der Waals surface area contributed by atoms with Crippen LogP contribution in [0.25, 0.3) is 0 Å². The van der Waals surface area contributed by atoms with Crippen molar-refractivity contribution in [2.45, 2.75) is 25.4 Å². The van der Waals surface area contributed by atoms with Gasteiger partial charge in [-0.25, -0.2) is 4.79 Å². The first-order valence-corrected chi connectivity index (χ1v) is 9.30. The highest BCUT2D eigenvalue weighted by Crippen LogP contribution is 2.17. The Morgan fingerprint density at radius 3 is 2.07 bits per heavy atom. The molecular formula is C21H25N3O4. The number of nitrogens with one attached hydrogen (secondary N) is 2. The van der Waals surface area contributed by atoms with Gasteiger partial charge in [0.15, 0.2) is 0 Å². The Kier molecular flexibility index (Phi) is 6.49. The second-order valence-corrected chi connectivity index (χ2v) is 6.79. The Bertz CT molecular complexity index is 797. The van der Waals surface area contributed by atoms with E-state index in [1.54, 1.807) is 48.4 Å². The second kappa shape index (κ2) is 9.23. The summed E-state index contributed by atoms with van der Waals surface area (Å²) in [7, 11) is 1.59. The Labute approximate surface area is 164 Å². The number of aliphatic hydroxyl groups excluding tert-OH is 1. The van der Waals surface area contributed by atoms with Gasteiger partial charge < -0.3 is 25.4 Å². The lowest BCUT2D eigenvalue weighted by atomic mass is 10.1. The third-order valence-corrected chi connectivity index (χ3v) is 4.73. The minimum absolute atomic E-state index is 0.0601. The third kappa shape index (κ3) is 5.47. The Morgan fingerprint density at radius 2 is 1.54 bits per heavy atom. The van der Waals surface area contributed by atoms with E-state index in [9.17, 15) is 14.7 Å². The van der Waals surface area contributed by atoms with E-state index >= 15 is 0 Å². The number of piperidine rings is 1. The first kappa shape index (κ1) is 19.7. The van der Waals surface area contributed by atoms with Crippen molar-refractivity contribution in [1.82, 2.24) is 4.90 Å². The number of hydrogen-bond acceptors (Lipinski definition) is 4. The topological polar surface area (TPSA) is 90.9 Å². The molecule has 0 atom stereocenters. The van der Waals surface area contributed by atoms with Crippen LogP contribution in [0.5, 0.6) is 5.75 Å². The van der Waals surface area contributed by atoms with E-state index in [2.05, 4.69) is 10.6 Å². The molecule has 7 nitrogen and oxygen atoms in total. The molecule has 0 aliphatic carbocycles. The van der Waals surface area contributed by atoms with Crippen LogP contribution in [-0.2, 0) is 11.2 Å². The summed E-state index contributed by atoms with van der Waals surface area (Å²) in [5.41, 5.74) is 2.19. The van der Waals surface area contributed by atoms with E-state index in [4.69, 9.17) is 4.74 Å². The number of hydrogen-bond donors (Lipinski definition) is 3. The summed E-state index contributed by atoms with van der Waals surface area (Å²) in [6, 6.07) is 13.9. The van der Waals surface area contributed by atoms with Crippen LogP contribution in [0.4, 0.5) is 16.2 Å². The van der Waals surface area contributed by atoms with Crippen molar-refractivity contribution >= 4 is 23.3 Å². The number of amides is 3. The molecule has 1 saturated heterocycles. The molecule has 0 saturated carbocycles. The fourth-order valence-corrected chi connectivity index (χ4v) is 3.08. The van der Waals surface area contributed by atoms with Crippen LogP contribution < -0.4 is 15.4 Å². The van der Waals surface area contributed by atoms with Gasteiger partial charge in [-0.1, -0.05) is 12.1 Å². The van der Waals surface area contributed by atoms with Gasteiger partial charge in [0.25, 0.3) is 0 Å². The Morgan fingerprint density at radius 1 is 1.00 bits per heavy atom. The molecule has 3 amide bonds. The molecule has 3 rings (SSSR count). The number of nitrogens with zero attached hydrogens (tertiary/aromatic N) is 1. The fraction of sp³-hybridized carbons (Fsp3) is 0.333. The van der Waals surface area contributed by atoms with E-state index in [0.29, 0.717) is 43.7 Å². The van der Waals surface area contributed by atoms with Crippen molar-refractivity contribution < 1.29 is 19.4 Å². The van der Waals surface area contributed by atoms with Crippen LogP contribution in [0.1, 0.15) is 18.4 Å². The van der Waals surface area contributed by atoms with Crippen LogP contribution in [0.3, 0.4) is 0 Å². The van der Waals surface area contributed by atoms with Gasteiger partial charge in [0.2, 0.25) is 5.91 Å². The number of carbonyl (C=O) groups excluding carboxylic acids is 2. The molecule has 2 aromatic rings. The molecule has 0 radical (unpaired) electrons. The lowest BCUT2D eigenvalue weighted by Crippen LogP contribution is -2.40. The average molecular weight is 383 g/mol. The summed E-state index contributed by atoms with van der Waals surface area (Å²) in [5, 5.41) is 15.0. The number of ether oxygens (including phenoxy) is 1. The number of likely N-dealkylation sites (tertiary alicyclic amines) is 1. The van der Waals surface area contributed by atoms with Gasteiger partial charge in [0.1, 0.15) is 5.75 Å². The van der Waals surface area contributed by atoms with Gasteiger partial charge in [-0.2, -0.15) is 0 Å². The highest BCUT2D eigenvalue weighted by molar-refractivity contribution is 5.99. The maximum Gasteiger partial charge on any atom is 0.323 e. The van der Waals surface area contributed by atoms with Gasteiger partial charge in [0, 0.05) is 24.5 Å². The van der Waals surface area contributed by atoms with Gasteiger partial charge in [-0.15, -0.1) is 0 Å². The van der Waals surface area contributed by atoms with E-state index in [-0.39, 0.29) is 18.0 Å². The zero-order valence-corrected chi connectivity index (χ0v) is 15.9. The normalized spacial score (nSPS) is 14.4. The summed E-state index contributed by atoms with van der Waals surface area (Å²) in [6.45, 7) is 1.20. The van der Waals surface area contributed by atoms with Crippen LogP contribution in [0.15, 0.2) is 48.5 Å². The van der Waals surface area contributed by atoms with Crippen LogP contribution in [0, 0.1) is 0 Å². The molecule has 148 valence electrons. The first-order valence-electron chi connectivity index (χ1n) is 9.30. The molecule has 1 aliphatic heterocycles. The number of carbonyl (C=O) groups is 2. The van der Waals surface area contributed by atoms with Crippen LogP contribution >= 0.6 is 0 Å². The summed E-state index contributed by atoms with van der Waals surface area (Å²) in [4.78, 5) is 26.2. The van der Waals surface area contributed by atoms with E-state index in [0.717, 1.165) is 11.3 Å². The average Bonchev–Trinajstić information content (AvgIpc) is 2.70.